The molecule has 1 amide bonds. The highest BCUT2D eigenvalue weighted by molar-refractivity contribution is 5.98. The number of carbonyl (C=O) groups excluding carboxylic acids is 2. The van der Waals surface area contributed by atoms with Crippen LogP contribution in [0.15, 0.2) is 36.9 Å². The topological polar surface area (TPSA) is 102 Å². The molecule has 0 saturated carbocycles. The van der Waals surface area contributed by atoms with E-state index in [1.54, 1.807) is 24.1 Å². The van der Waals surface area contributed by atoms with E-state index in [-0.39, 0.29) is 17.8 Å². The van der Waals surface area contributed by atoms with Crippen molar-refractivity contribution in [1.82, 2.24) is 4.90 Å². The molecule has 0 spiro atoms. The van der Waals surface area contributed by atoms with Crippen molar-refractivity contribution in [2.75, 3.05) is 26.0 Å². The van der Waals surface area contributed by atoms with Crippen LogP contribution in [-0.2, 0) is 14.3 Å². The van der Waals surface area contributed by atoms with Gasteiger partial charge in [0, 0.05) is 12.6 Å². The lowest BCUT2D eigenvalue weighted by atomic mass is 10.1. The molecule has 0 saturated heterocycles. The first kappa shape index (κ1) is 18.3. The number of nitrogens with one attached hydrogen (secondary N) is 1. The Morgan fingerprint density at radius 1 is 1.48 bits per heavy atom. The molecule has 0 bridgehead atoms. The number of hydrogen-bond donors (Lipinski definition) is 1. The number of para-hydroxylation sites is 2. The minimum atomic E-state index is -0.833. The second-order valence-corrected chi connectivity index (χ2v) is 4.79. The molecule has 0 radical (unpaired) electrons. The maximum atomic E-state index is 12.4. The molecule has 0 aliphatic carbocycles. The molecule has 1 rings (SSSR count). The number of anilines is 1. The minimum absolute atomic E-state index is 0.0735. The summed E-state index contributed by atoms with van der Waals surface area (Å²) in [6.45, 7) is 3.95. The van der Waals surface area contributed by atoms with Gasteiger partial charge in [-0.2, -0.15) is 0 Å². The van der Waals surface area contributed by atoms with Crippen LogP contribution in [0.4, 0.5) is 11.4 Å². The van der Waals surface area contributed by atoms with Crippen molar-refractivity contribution >= 4 is 23.3 Å². The van der Waals surface area contributed by atoms with Crippen LogP contribution in [-0.4, -0.2) is 48.4 Å². The molecular formula is C15H19N3O5. The summed E-state index contributed by atoms with van der Waals surface area (Å²) in [6.07, 6.45) is 1.41. The molecule has 1 aromatic rings. The third-order valence-corrected chi connectivity index (χ3v) is 3.20. The lowest BCUT2D eigenvalue weighted by Gasteiger charge is -2.25. The van der Waals surface area contributed by atoms with Gasteiger partial charge in [0.05, 0.1) is 18.5 Å². The molecule has 1 aromatic carbocycles. The SMILES string of the molecule is C=CCN(C)[C@H](CC(=O)OC)C(=O)Nc1ccccc1[N+](=O)[O-]. The molecule has 0 fully saturated rings. The monoisotopic (exact) mass is 321 g/mol. The fraction of sp³-hybridized carbons (Fsp3) is 0.333. The second kappa shape index (κ2) is 8.64. The minimum Gasteiger partial charge on any atom is -0.469 e. The Labute approximate surface area is 133 Å². The van der Waals surface area contributed by atoms with E-state index in [0.29, 0.717) is 6.54 Å². The number of rotatable bonds is 8. The van der Waals surface area contributed by atoms with Crippen LogP contribution in [0.1, 0.15) is 6.42 Å². The third-order valence-electron chi connectivity index (χ3n) is 3.20. The third kappa shape index (κ3) is 5.19. The Morgan fingerprint density at radius 2 is 2.13 bits per heavy atom. The van der Waals surface area contributed by atoms with Gasteiger partial charge in [-0.25, -0.2) is 0 Å². The van der Waals surface area contributed by atoms with Gasteiger partial charge in [0.25, 0.3) is 5.69 Å². The van der Waals surface area contributed by atoms with E-state index < -0.39 is 22.8 Å². The molecule has 0 heterocycles. The normalized spacial score (nSPS) is 11.6. The Hall–Kier alpha value is -2.74. The number of esters is 1. The Kier molecular flexibility index (Phi) is 6.88. The molecule has 0 aliphatic rings. The summed E-state index contributed by atoms with van der Waals surface area (Å²) in [5.41, 5.74) is -0.145. The highest BCUT2D eigenvalue weighted by atomic mass is 16.6. The molecular weight excluding hydrogens is 302 g/mol. The first-order valence-corrected chi connectivity index (χ1v) is 6.83. The number of hydrogen-bond acceptors (Lipinski definition) is 6. The van der Waals surface area contributed by atoms with Crippen LogP contribution in [0.3, 0.4) is 0 Å². The molecule has 1 atom stereocenters. The first-order valence-electron chi connectivity index (χ1n) is 6.83. The van der Waals surface area contributed by atoms with Gasteiger partial charge in [0.1, 0.15) is 11.7 Å². The zero-order valence-electron chi connectivity index (χ0n) is 13.0. The van der Waals surface area contributed by atoms with E-state index in [0.717, 1.165) is 0 Å². The molecule has 8 heteroatoms. The molecule has 0 aromatic heterocycles. The van der Waals surface area contributed by atoms with E-state index in [2.05, 4.69) is 16.6 Å². The lowest BCUT2D eigenvalue weighted by molar-refractivity contribution is -0.383. The first-order chi connectivity index (χ1) is 10.9. The average Bonchev–Trinajstić information content (AvgIpc) is 2.52. The van der Waals surface area contributed by atoms with Crippen molar-refractivity contribution in [2.24, 2.45) is 0 Å². The van der Waals surface area contributed by atoms with E-state index in [1.165, 1.54) is 25.3 Å². The number of methoxy groups -OCH3 is 1. The zero-order chi connectivity index (χ0) is 17.4. The van der Waals surface area contributed by atoms with Crippen LogP contribution in [0.25, 0.3) is 0 Å². The van der Waals surface area contributed by atoms with Crippen molar-refractivity contribution in [3.8, 4) is 0 Å². The Balaban J connectivity index is 2.99. The molecule has 124 valence electrons. The van der Waals surface area contributed by atoms with Crippen LogP contribution in [0.2, 0.25) is 0 Å². The van der Waals surface area contributed by atoms with Gasteiger partial charge in [-0.05, 0) is 13.1 Å². The molecule has 0 aliphatic heterocycles. The summed E-state index contributed by atoms with van der Waals surface area (Å²) in [7, 11) is 2.88. The summed E-state index contributed by atoms with van der Waals surface area (Å²) in [5, 5.41) is 13.5. The number of nitro groups is 1. The maximum absolute atomic E-state index is 12.4. The van der Waals surface area contributed by atoms with Gasteiger partial charge >= 0.3 is 5.97 Å². The van der Waals surface area contributed by atoms with Gasteiger partial charge < -0.3 is 10.1 Å². The molecule has 1 N–H and O–H groups in total. The number of benzene rings is 1. The van der Waals surface area contributed by atoms with Crippen molar-refractivity contribution in [3.05, 3.63) is 47.0 Å². The summed E-state index contributed by atoms with van der Waals surface area (Å²) < 4.78 is 4.59. The molecule has 8 nitrogen and oxygen atoms in total. The number of carbonyl (C=O) groups is 2. The standard InChI is InChI=1S/C15H19N3O5/c1-4-9-17(2)13(10-14(19)23-3)15(20)16-11-7-5-6-8-12(11)18(21)22/h4-8,13H,1,9-10H2,2-3H3,(H,16,20)/t13-/m1/s1. The van der Waals surface area contributed by atoms with Gasteiger partial charge in [-0.15, -0.1) is 6.58 Å². The largest absolute Gasteiger partial charge is 0.469 e. The fourth-order valence-corrected chi connectivity index (χ4v) is 1.98. The second-order valence-electron chi connectivity index (χ2n) is 4.79. The van der Waals surface area contributed by atoms with Crippen molar-refractivity contribution < 1.29 is 19.2 Å². The summed E-state index contributed by atoms with van der Waals surface area (Å²) in [5.74, 6) is -1.09. The number of ether oxygens (including phenoxy) is 1. The fourth-order valence-electron chi connectivity index (χ4n) is 1.98. The Morgan fingerprint density at radius 3 is 2.70 bits per heavy atom. The van der Waals surface area contributed by atoms with E-state index in [1.807, 2.05) is 0 Å². The van der Waals surface area contributed by atoms with Crippen LogP contribution < -0.4 is 5.32 Å². The summed E-state index contributed by atoms with van der Waals surface area (Å²) >= 11 is 0. The zero-order valence-corrected chi connectivity index (χ0v) is 13.0. The number of nitrogens with zero attached hydrogens (tertiary/aromatic N) is 2. The van der Waals surface area contributed by atoms with Crippen molar-refractivity contribution in [2.45, 2.75) is 12.5 Å². The average molecular weight is 321 g/mol. The number of amides is 1. The van der Waals surface area contributed by atoms with Gasteiger partial charge in [0.2, 0.25) is 5.91 Å². The Bertz CT molecular complexity index is 603. The smallest absolute Gasteiger partial charge is 0.307 e. The van der Waals surface area contributed by atoms with Crippen molar-refractivity contribution in [3.63, 3.8) is 0 Å². The molecule has 0 unspecified atom stereocenters. The van der Waals surface area contributed by atoms with Gasteiger partial charge in [-0.1, -0.05) is 18.2 Å². The highest BCUT2D eigenvalue weighted by Crippen LogP contribution is 2.23. The van der Waals surface area contributed by atoms with Crippen LogP contribution >= 0.6 is 0 Å². The van der Waals surface area contributed by atoms with E-state index in [4.69, 9.17) is 0 Å². The van der Waals surface area contributed by atoms with Gasteiger partial charge in [0.15, 0.2) is 0 Å². The highest BCUT2D eigenvalue weighted by Gasteiger charge is 2.27. The molecule has 23 heavy (non-hydrogen) atoms. The summed E-state index contributed by atoms with van der Waals surface area (Å²) in [4.78, 5) is 35.9. The van der Waals surface area contributed by atoms with E-state index >= 15 is 0 Å². The number of likely N-dealkylation sites (N-methyl/N-ethyl adjacent to an activating group) is 1. The predicted molar refractivity (Wildman–Crippen MR) is 85.0 cm³/mol. The lowest BCUT2D eigenvalue weighted by Crippen LogP contribution is -2.43. The maximum Gasteiger partial charge on any atom is 0.307 e. The number of nitro benzene ring substituents is 1. The van der Waals surface area contributed by atoms with Crippen LogP contribution in [0.5, 0.6) is 0 Å². The van der Waals surface area contributed by atoms with E-state index in [9.17, 15) is 19.7 Å². The quantitative estimate of drug-likeness (QED) is 0.337. The van der Waals surface area contributed by atoms with Crippen LogP contribution in [0, 0.1) is 10.1 Å². The van der Waals surface area contributed by atoms with Crippen molar-refractivity contribution in [1.29, 1.82) is 0 Å². The predicted octanol–water partition coefficient (Wildman–Crippen LogP) is 1.58. The van der Waals surface area contributed by atoms with Gasteiger partial charge in [-0.3, -0.25) is 24.6 Å². The summed E-state index contributed by atoms with van der Waals surface area (Å²) in [6, 6.07) is 4.96.